The highest BCUT2D eigenvalue weighted by Gasteiger charge is 2.45. The van der Waals surface area contributed by atoms with Gasteiger partial charge in [0.05, 0.1) is 28.5 Å². The van der Waals surface area contributed by atoms with Crippen LogP contribution >= 0.6 is 0 Å². The van der Waals surface area contributed by atoms with Crippen molar-refractivity contribution in [3.63, 3.8) is 0 Å². The van der Waals surface area contributed by atoms with Crippen molar-refractivity contribution in [1.82, 2.24) is 19.4 Å². The first-order valence-corrected chi connectivity index (χ1v) is 18.9. The van der Waals surface area contributed by atoms with Gasteiger partial charge in [0.2, 0.25) is 0 Å². The summed E-state index contributed by atoms with van der Waals surface area (Å²) < 4.78 is 74.2. The van der Waals surface area contributed by atoms with Crippen LogP contribution in [0.3, 0.4) is 0 Å². The number of nitrogens with one attached hydrogen (secondary N) is 1. The van der Waals surface area contributed by atoms with Crippen LogP contribution in [0.1, 0.15) is 99.7 Å². The van der Waals surface area contributed by atoms with Gasteiger partial charge in [-0.25, -0.2) is 31.6 Å². The molecule has 2 fully saturated rings. The van der Waals surface area contributed by atoms with E-state index in [1.807, 2.05) is 0 Å². The Morgan fingerprint density at radius 1 is 0.936 bits per heavy atom. The van der Waals surface area contributed by atoms with Gasteiger partial charge in [-0.2, -0.15) is 0 Å². The number of anilines is 1. The maximum absolute atomic E-state index is 16.1. The van der Waals surface area contributed by atoms with Crippen LogP contribution in [-0.4, -0.2) is 59.0 Å². The molecule has 2 saturated heterocycles. The number of rotatable bonds is 1. The molecule has 4 aliphatic rings. The predicted octanol–water partition coefficient (Wildman–Crippen LogP) is 6.72. The van der Waals surface area contributed by atoms with E-state index in [1.165, 1.54) is 18.2 Å². The molecule has 47 heavy (non-hydrogen) atoms. The number of fused-ring (bicyclic) bond motifs is 9. The topological polar surface area (TPSA) is 97.2 Å². The van der Waals surface area contributed by atoms with Crippen LogP contribution in [0.25, 0.3) is 11.0 Å². The van der Waals surface area contributed by atoms with Crippen LogP contribution in [0.5, 0.6) is 0 Å². The normalized spacial score (nSPS) is 27.3. The predicted molar refractivity (Wildman–Crippen MR) is 178 cm³/mol. The molecule has 8 nitrogen and oxygen atoms in total. The zero-order valence-corrected chi connectivity index (χ0v) is 28.4. The first-order valence-electron chi connectivity index (χ1n) is 17.1. The Morgan fingerprint density at radius 2 is 1.66 bits per heavy atom. The van der Waals surface area contributed by atoms with Crippen LogP contribution in [0.2, 0.25) is 0 Å². The number of hydrogen-bond acceptors (Lipinski definition) is 7. The highest BCUT2D eigenvalue weighted by Crippen LogP contribution is 2.44. The highest BCUT2D eigenvalue weighted by atomic mass is 32.2. The lowest BCUT2D eigenvalue weighted by atomic mass is 9.85. The third-order valence-corrected chi connectivity index (χ3v) is 12.3. The molecular weight excluding hydrogens is 627 g/mol. The number of alkyl halides is 2. The third-order valence-electron chi connectivity index (χ3n) is 10.5. The summed E-state index contributed by atoms with van der Waals surface area (Å²) in [6.45, 7) is 8.06. The Kier molecular flexibility index (Phi) is 9.73. The fraction of sp³-hybridized carbons (Fsp3) is 0.629. The summed E-state index contributed by atoms with van der Waals surface area (Å²) >= 11 is 0. The third kappa shape index (κ3) is 7.09. The number of benzene rings is 1. The SMILES string of the molecule is Cc1nc2c3cc(C4CCS(=O)(=O)CC4)c(=O)n(c3n1)CCCCCC(C)CN1CCC(CC1)C(F)(F)c1cccc(c1F)[C@@H](C)N2. The average molecular weight is 674 g/mol. The number of hydrogen-bond donors (Lipinski definition) is 1. The average Bonchev–Trinajstić information content (AvgIpc) is 3.02. The molecule has 1 aromatic carbocycles. The molecular formula is C35H46F3N5O3S. The summed E-state index contributed by atoms with van der Waals surface area (Å²) in [5.41, 5.74) is 0.340. The van der Waals surface area contributed by atoms with Gasteiger partial charge in [-0.05, 0) is 83.4 Å². The van der Waals surface area contributed by atoms with E-state index in [1.54, 1.807) is 24.5 Å². The smallest absolute Gasteiger partial charge is 0.278 e. The molecule has 0 radical (unpaired) electrons. The van der Waals surface area contributed by atoms with Gasteiger partial charge in [0.25, 0.3) is 11.5 Å². The molecule has 0 aliphatic carbocycles. The van der Waals surface area contributed by atoms with E-state index in [4.69, 9.17) is 0 Å². The maximum atomic E-state index is 16.1. The highest BCUT2D eigenvalue weighted by molar-refractivity contribution is 7.91. The molecule has 0 saturated carbocycles. The molecule has 2 atom stereocenters. The molecule has 7 rings (SSSR count). The molecule has 12 heteroatoms. The number of aryl methyl sites for hydroxylation is 2. The maximum Gasteiger partial charge on any atom is 0.278 e. The molecule has 1 unspecified atom stereocenters. The fourth-order valence-electron chi connectivity index (χ4n) is 7.78. The van der Waals surface area contributed by atoms with Gasteiger partial charge >= 0.3 is 0 Å². The van der Waals surface area contributed by atoms with E-state index in [0.29, 0.717) is 79.5 Å². The number of halogens is 3. The minimum absolute atomic E-state index is 0.0262. The summed E-state index contributed by atoms with van der Waals surface area (Å²) in [6.07, 6.45) is 5.01. The van der Waals surface area contributed by atoms with E-state index in [0.717, 1.165) is 32.2 Å². The molecule has 8 bridgehead atoms. The van der Waals surface area contributed by atoms with E-state index in [-0.39, 0.29) is 28.5 Å². The number of aromatic nitrogens is 3. The first kappa shape index (κ1) is 33.9. The van der Waals surface area contributed by atoms with Crippen molar-refractivity contribution in [3.8, 4) is 0 Å². The van der Waals surface area contributed by atoms with Crippen molar-refractivity contribution in [2.45, 2.75) is 96.6 Å². The fourth-order valence-corrected chi connectivity index (χ4v) is 9.27. The second-order valence-electron chi connectivity index (χ2n) is 14.1. The van der Waals surface area contributed by atoms with Gasteiger partial charge < -0.3 is 10.2 Å². The van der Waals surface area contributed by atoms with E-state index in [2.05, 4.69) is 27.1 Å². The van der Waals surface area contributed by atoms with Crippen molar-refractivity contribution >= 4 is 26.7 Å². The number of piperidine rings is 1. The minimum Gasteiger partial charge on any atom is -0.363 e. The second kappa shape index (κ2) is 13.5. The molecule has 256 valence electrons. The Labute approximate surface area is 275 Å². The Hall–Kier alpha value is -2.99. The van der Waals surface area contributed by atoms with Crippen LogP contribution in [-0.2, 0) is 22.3 Å². The standard InChI is InChI=1S/C35H46F3N5O3S/c1-22-8-5-4-6-15-43-33-29(20-28(34(43)44)25-13-18-47(45,46)19-14-25)32(40-24(3)41-33)39-23(2)27-9-7-10-30(31(27)36)35(37,38)26-11-16-42(21-22)17-12-26/h7,9-10,20,22-23,25-26H,4-6,8,11-19,21H2,1-3H3,(H,39,40,41)/t22?,23-/m1/s1. The van der Waals surface area contributed by atoms with Gasteiger partial charge in [0.1, 0.15) is 32.9 Å². The number of nitrogens with zero attached hydrogens (tertiary/aromatic N) is 4. The molecule has 0 spiro atoms. The monoisotopic (exact) mass is 673 g/mol. The number of sulfone groups is 1. The van der Waals surface area contributed by atoms with Crippen molar-refractivity contribution in [2.24, 2.45) is 11.8 Å². The van der Waals surface area contributed by atoms with Crippen molar-refractivity contribution in [3.05, 3.63) is 63.0 Å². The summed E-state index contributed by atoms with van der Waals surface area (Å²) in [5.74, 6) is -4.16. The van der Waals surface area contributed by atoms with Crippen LogP contribution in [0, 0.1) is 24.6 Å². The Morgan fingerprint density at radius 3 is 2.38 bits per heavy atom. The van der Waals surface area contributed by atoms with Gasteiger partial charge in [-0.15, -0.1) is 0 Å². The van der Waals surface area contributed by atoms with Crippen molar-refractivity contribution in [2.75, 3.05) is 36.5 Å². The van der Waals surface area contributed by atoms with E-state index in [9.17, 15) is 13.2 Å². The molecule has 1 N–H and O–H groups in total. The van der Waals surface area contributed by atoms with Gasteiger partial charge in [0.15, 0.2) is 0 Å². The van der Waals surface area contributed by atoms with Crippen molar-refractivity contribution in [1.29, 1.82) is 0 Å². The van der Waals surface area contributed by atoms with Gasteiger partial charge in [-0.1, -0.05) is 38.0 Å². The molecule has 4 aliphatic heterocycles. The summed E-state index contributed by atoms with van der Waals surface area (Å²) in [6, 6.07) is 5.24. The zero-order chi connectivity index (χ0) is 33.5. The van der Waals surface area contributed by atoms with Crippen LogP contribution in [0.15, 0.2) is 29.1 Å². The summed E-state index contributed by atoms with van der Waals surface area (Å²) in [5, 5.41) is 3.84. The molecule has 2 aromatic heterocycles. The van der Waals surface area contributed by atoms with Gasteiger partial charge in [0, 0.05) is 30.1 Å². The lowest BCUT2D eigenvalue weighted by Crippen LogP contribution is -2.41. The quantitative estimate of drug-likeness (QED) is 0.307. The lowest BCUT2D eigenvalue weighted by molar-refractivity contribution is -0.0886. The van der Waals surface area contributed by atoms with Gasteiger partial charge in [-0.3, -0.25) is 9.36 Å². The molecule has 6 heterocycles. The number of pyridine rings is 1. The lowest BCUT2D eigenvalue weighted by Gasteiger charge is -2.37. The summed E-state index contributed by atoms with van der Waals surface area (Å²) in [7, 11) is -3.14. The molecule has 3 aromatic rings. The van der Waals surface area contributed by atoms with Crippen molar-refractivity contribution < 1.29 is 21.6 Å². The summed E-state index contributed by atoms with van der Waals surface area (Å²) in [4.78, 5) is 25.6. The Bertz CT molecular complexity index is 1780. The van der Waals surface area contributed by atoms with Crippen LogP contribution in [0.4, 0.5) is 19.0 Å². The Balaban J connectivity index is 1.44. The van der Waals surface area contributed by atoms with E-state index >= 15 is 13.2 Å². The van der Waals surface area contributed by atoms with Crippen LogP contribution < -0.4 is 10.9 Å². The molecule has 0 amide bonds. The second-order valence-corrected chi connectivity index (χ2v) is 16.4. The zero-order valence-electron chi connectivity index (χ0n) is 27.6. The first-order chi connectivity index (χ1) is 22.3. The minimum atomic E-state index is -3.31. The largest absolute Gasteiger partial charge is 0.363 e. The van der Waals surface area contributed by atoms with E-state index < -0.39 is 39.1 Å².